The molecule has 42 heavy (non-hydrogen) atoms. The van der Waals surface area contributed by atoms with Crippen LogP contribution in [0.5, 0.6) is 0 Å². The van der Waals surface area contributed by atoms with Gasteiger partial charge in [-0.3, -0.25) is 14.3 Å². The number of likely N-dealkylation sites (tertiary alicyclic amines) is 1. The van der Waals surface area contributed by atoms with Gasteiger partial charge >= 0.3 is 12.1 Å². The maximum absolute atomic E-state index is 12.9. The summed E-state index contributed by atoms with van der Waals surface area (Å²) in [6.07, 6.45) is 2.39. The molecule has 1 aliphatic carbocycles. The fraction of sp³-hybridized carbons (Fsp3) is 0.483. The summed E-state index contributed by atoms with van der Waals surface area (Å²) in [6, 6.07) is 11.9. The third kappa shape index (κ3) is 9.20. The summed E-state index contributed by atoms with van der Waals surface area (Å²) in [5.41, 5.74) is 3.27. The van der Waals surface area contributed by atoms with Crippen LogP contribution in [0.1, 0.15) is 66.9 Å². The number of sulfonamides is 1. The minimum Gasteiger partial charge on any atom is -0.475 e. The van der Waals surface area contributed by atoms with Crippen molar-refractivity contribution < 1.29 is 41.1 Å². The number of aliphatic carboxylic acids is 1. The van der Waals surface area contributed by atoms with Crippen LogP contribution >= 0.6 is 0 Å². The molecular formula is C29H36F3N3O6S. The van der Waals surface area contributed by atoms with Gasteiger partial charge in [0.15, 0.2) is 0 Å². The van der Waals surface area contributed by atoms with Crippen molar-refractivity contribution in [2.45, 2.75) is 69.4 Å². The lowest BCUT2D eigenvalue weighted by molar-refractivity contribution is -0.192. The van der Waals surface area contributed by atoms with Gasteiger partial charge in [-0.1, -0.05) is 19.4 Å². The summed E-state index contributed by atoms with van der Waals surface area (Å²) in [6.45, 7) is 3.87. The molecule has 3 N–H and O–H groups in total. The third-order valence-electron chi connectivity index (χ3n) is 7.24. The van der Waals surface area contributed by atoms with Crippen molar-refractivity contribution in [3.05, 3.63) is 59.2 Å². The largest absolute Gasteiger partial charge is 0.490 e. The number of unbranched alkanes of at least 4 members (excludes halogenated alkanes) is 1. The normalized spacial score (nSPS) is 15.6. The summed E-state index contributed by atoms with van der Waals surface area (Å²) in [7, 11) is -3.71. The molecule has 4 rings (SSSR count). The number of benzene rings is 2. The first-order chi connectivity index (χ1) is 19.8. The lowest BCUT2D eigenvalue weighted by atomic mass is 9.92. The highest BCUT2D eigenvalue weighted by Gasteiger charge is 2.38. The molecule has 2 amide bonds. The van der Waals surface area contributed by atoms with Gasteiger partial charge < -0.3 is 15.3 Å². The number of carbonyl (C=O) groups excluding carboxylic acids is 2. The van der Waals surface area contributed by atoms with E-state index in [9.17, 15) is 31.2 Å². The number of rotatable bonds is 8. The van der Waals surface area contributed by atoms with E-state index in [0.717, 1.165) is 44.1 Å². The Morgan fingerprint density at radius 2 is 1.57 bits per heavy atom. The van der Waals surface area contributed by atoms with Gasteiger partial charge in [0, 0.05) is 36.8 Å². The van der Waals surface area contributed by atoms with Crippen LogP contribution in [0.3, 0.4) is 0 Å². The highest BCUT2D eigenvalue weighted by Crippen LogP contribution is 2.26. The summed E-state index contributed by atoms with van der Waals surface area (Å²) in [4.78, 5) is 36.1. The quantitative estimate of drug-likeness (QED) is 0.369. The van der Waals surface area contributed by atoms with Gasteiger partial charge in [-0.15, -0.1) is 0 Å². The van der Waals surface area contributed by atoms with Crippen molar-refractivity contribution in [3.8, 4) is 0 Å². The van der Waals surface area contributed by atoms with Crippen molar-refractivity contribution in [1.82, 2.24) is 10.2 Å². The number of carboxylic acid groups (broad SMARTS) is 1. The number of anilines is 1. The Morgan fingerprint density at radius 1 is 0.976 bits per heavy atom. The van der Waals surface area contributed by atoms with E-state index >= 15 is 0 Å². The van der Waals surface area contributed by atoms with E-state index in [2.05, 4.69) is 17.0 Å². The molecule has 0 aromatic heterocycles. The van der Waals surface area contributed by atoms with Gasteiger partial charge in [0.25, 0.3) is 15.9 Å². The second kappa shape index (κ2) is 14.5. The number of nitrogens with one attached hydrogen (secondary N) is 2. The first-order valence-electron chi connectivity index (χ1n) is 13.9. The predicted octanol–water partition coefficient (Wildman–Crippen LogP) is 4.77. The maximum atomic E-state index is 12.9. The summed E-state index contributed by atoms with van der Waals surface area (Å²) in [5, 5.41) is 10.1. The number of carboxylic acids is 1. The molecule has 1 heterocycles. The van der Waals surface area contributed by atoms with Crippen molar-refractivity contribution in [3.63, 3.8) is 0 Å². The van der Waals surface area contributed by atoms with E-state index < -0.39 is 22.2 Å². The van der Waals surface area contributed by atoms with Crippen molar-refractivity contribution in [2.24, 2.45) is 5.92 Å². The second-order valence-corrected chi connectivity index (χ2v) is 12.0. The van der Waals surface area contributed by atoms with Crippen LogP contribution < -0.4 is 10.0 Å². The van der Waals surface area contributed by atoms with Crippen LogP contribution in [0, 0.1) is 5.92 Å². The minimum atomic E-state index is -5.08. The van der Waals surface area contributed by atoms with Gasteiger partial charge in [-0.05, 0) is 92.5 Å². The van der Waals surface area contributed by atoms with Crippen LogP contribution in [0.4, 0.5) is 18.9 Å². The van der Waals surface area contributed by atoms with E-state index in [1.807, 2.05) is 6.07 Å². The molecule has 0 spiro atoms. The Kier molecular flexibility index (Phi) is 11.4. The average Bonchev–Trinajstić information content (AvgIpc) is 2.96. The van der Waals surface area contributed by atoms with E-state index in [1.54, 1.807) is 41.3 Å². The Morgan fingerprint density at radius 3 is 2.14 bits per heavy atom. The number of piperidine rings is 1. The van der Waals surface area contributed by atoms with E-state index in [4.69, 9.17) is 9.90 Å². The topological polar surface area (TPSA) is 133 Å². The highest BCUT2D eigenvalue weighted by atomic mass is 32.2. The molecule has 2 aromatic carbocycles. The number of alkyl halides is 3. The maximum Gasteiger partial charge on any atom is 0.490 e. The summed E-state index contributed by atoms with van der Waals surface area (Å²) in [5.74, 6) is -2.82. The molecule has 0 unspecified atom stereocenters. The van der Waals surface area contributed by atoms with Gasteiger partial charge in [0.05, 0.1) is 4.90 Å². The molecule has 0 radical (unpaired) electrons. The summed E-state index contributed by atoms with van der Waals surface area (Å²) < 4.78 is 60.2. The first kappa shape index (κ1) is 32.9. The van der Waals surface area contributed by atoms with Crippen molar-refractivity contribution in [2.75, 3.05) is 24.4 Å². The number of hydrogen-bond donors (Lipinski definition) is 3. The fourth-order valence-corrected chi connectivity index (χ4v) is 5.94. The van der Waals surface area contributed by atoms with Crippen LogP contribution in [0.25, 0.3) is 0 Å². The van der Waals surface area contributed by atoms with Crippen LogP contribution in [-0.4, -0.2) is 62.0 Å². The molecule has 0 atom stereocenters. The van der Waals surface area contributed by atoms with Crippen LogP contribution in [0.2, 0.25) is 0 Å². The van der Waals surface area contributed by atoms with E-state index in [1.165, 1.54) is 5.56 Å². The first-order valence-corrected chi connectivity index (χ1v) is 15.4. The number of carbonyl (C=O) groups is 3. The number of nitrogens with zero attached hydrogens (tertiary/aromatic N) is 1. The number of hydrogen-bond acceptors (Lipinski definition) is 5. The molecule has 0 bridgehead atoms. The zero-order valence-electron chi connectivity index (χ0n) is 23.4. The number of halogens is 3. The second-order valence-electron chi connectivity index (χ2n) is 10.3. The Bertz CT molecular complexity index is 1360. The smallest absolute Gasteiger partial charge is 0.475 e. The number of fused-ring (bicyclic) bond motifs is 1. The van der Waals surface area contributed by atoms with Crippen molar-refractivity contribution in [1.29, 1.82) is 0 Å². The number of amides is 2. The minimum absolute atomic E-state index is 0.0451. The van der Waals surface area contributed by atoms with Crippen molar-refractivity contribution >= 4 is 33.5 Å². The Labute approximate surface area is 243 Å². The fourth-order valence-electron chi connectivity index (χ4n) is 4.83. The molecule has 2 aliphatic rings. The lowest BCUT2D eigenvalue weighted by Crippen LogP contribution is -2.43. The molecular weight excluding hydrogens is 575 g/mol. The molecule has 0 saturated carbocycles. The molecule has 2 aromatic rings. The van der Waals surface area contributed by atoms with Crippen LogP contribution in [0.15, 0.2) is 47.4 Å². The molecule has 1 aliphatic heterocycles. The monoisotopic (exact) mass is 611 g/mol. The van der Waals surface area contributed by atoms with Gasteiger partial charge in [-0.2, -0.15) is 13.2 Å². The highest BCUT2D eigenvalue weighted by molar-refractivity contribution is 7.92. The Balaban J connectivity index is 0.000000616. The number of aryl methyl sites for hydroxylation is 2. The average molecular weight is 612 g/mol. The molecule has 9 nitrogen and oxygen atoms in total. The molecule has 1 saturated heterocycles. The van der Waals surface area contributed by atoms with Gasteiger partial charge in [0.1, 0.15) is 0 Å². The van der Waals surface area contributed by atoms with E-state index in [0.29, 0.717) is 43.7 Å². The zero-order valence-corrected chi connectivity index (χ0v) is 24.2. The standard InChI is InChI=1S/C27H35N3O4S.C2HF3O2/c1-2-3-16-28-26(31)21-14-17-30(18-15-21)27(32)22-8-11-24(12-9-22)29-35(33,34)25-13-10-20-6-4-5-7-23(20)19-25;3-2(4,5)1(6)7/h8-13,19,21,29H,2-7,14-18H2,1H3,(H,28,31);(H,6,7). The molecule has 1 fully saturated rings. The van der Waals surface area contributed by atoms with Crippen LogP contribution in [-0.2, 0) is 32.5 Å². The SMILES string of the molecule is CCCCNC(=O)C1CCN(C(=O)c2ccc(NS(=O)(=O)c3ccc4c(c3)CCCC4)cc2)CC1.O=C(O)C(F)(F)F. The lowest BCUT2D eigenvalue weighted by Gasteiger charge is -2.31. The summed E-state index contributed by atoms with van der Waals surface area (Å²) >= 11 is 0. The third-order valence-corrected chi connectivity index (χ3v) is 8.62. The Hall–Kier alpha value is -3.61. The van der Waals surface area contributed by atoms with E-state index in [-0.39, 0.29) is 22.6 Å². The predicted molar refractivity (Wildman–Crippen MR) is 151 cm³/mol. The molecule has 230 valence electrons. The van der Waals surface area contributed by atoms with Gasteiger partial charge in [-0.25, -0.2) is 13.2 Å². The molecule has 13 heteroatoms. The van der Waals surface area contributed by atoms with Gasteiger partial charge in [0.2, 0.25) is 5.91 Å². The zero-order chi connectivity index (χ0) is 30.9.